The van der Waals surface area contributed by atoms with Gasteiger partial charge in [0.1, 0.15) is 0 Å². The maximum Gasteiger partial charge on any atom is 0.0294 e. The lowest BCUT2D eigenvalue weighted by atomic mass is 10.0. The number of aryl methyl sites for hydroxylation is 2. The van der Waals surface area contributed by atoms with E-state index in [1.165, 1.54) is 23.1 Å². The Hall–Kier alpha value is -1.60. The second-order valence-electron chi connectivity index (χ2n) is 5.73. The average Bonchev–Trinajstić information content (AvgIpc) is 2.46. The van der Waals surface area contributed by atoms with Crippen LogP contribution in [0.1, 0.15) is 43.0 Å². The number of nitrogens with one attached hydrogen (secondary N) is 1. The fraction of sp³-hybridized carbons (Fsp3) is 0.368. The zero-order valence-corrected chi connectivity index (χ0v) is 12.8. The van der Waals surface area contributed by atoms with Gasteiger partial charge in [0.15, 0.2) is 0 Å². The van der Waals surface area contributed by atoms with E-state index < -0.39 is 0 Å². The topological polar surface area (TPSA) is 12.0 Å². The summed E-state index contributed by atoms with van der Waals surface area (Å²) < 4.78 is 0. The van der Waals surface area contributed by atoms with Gasteiger partial charge in [-0.3, -0.25) is 0 Å². The van der Waals surface area contributed by atoms with Crippen molar-refractivity contribution in [2.24, 2.45) is 0 Å². The third-order valence-electron chi connectivity index (χ3n) is 3.78. The largest absolute Gasteiger partial charge is 0.308 e. The van der Waals surface area contributed by atoms with Crippen molar-refractivity contribution in [2.75, 3.05) is 0 Å². The highest BCUT2D eigenvalue weighted by Gasteiger charge is 2.09. The van der Waals surface area contributed by atoms with Crippen molar-refractivity contribution < 1.29 is 0 Å². The molecule has 106 valence electrons. The van der Waals surface area contributed by atoms with E-state index in [1.807, 2.05) is 0 Å². The van der Waals surface area contributed by atoms with Gasteiger partial charge >= 0.3 is 0 Å². The van der Waals surface area contributed by atoms with E-state index >= 15 is 0 Å². The smallest absolute Gasteiger partial charge is 0.0294 e. The Morgan fingerprint density at radius 2 is 1.70 bits per heavy atom. The highest BCUT2D eigenvalue weighted by molar-refractivity contribution is 5.22. The average molecular weight is 267 g/mol. The summed E-state index contributed by atoms with van der Waals surface area (Å²) in [6.07, 6.45) is 2.30. The Morgan fingerprint density at radius 1 is 0.950 bits per heavy atom. The molecule has 0 aromatic heterocycles. The van der Waals surface area contributed by atoms with Crippen LogP contribution in [0.3, 0.4) is 0 Å². The Bertz CT molecular complexity index is 518. The monoisotopic (exact) mass is 267 g/mol. The lowest BCUT2D eigenvalue weighted by Gasteiger charge is -2.20. The maximum absolute atomic E-state index is 3.68. The van der Waals surface area contributed by atoms with Gasteiger partial charge in [0, 0.05) is 12.1 Å². The van der Waals surface area contributed by atoms with Crippen molar-refractivity contribution in [2.45, 2.75) is 45.7 Å². The summed E-state index contributed by atoms with van der Waals surface area (Å²) in [4.78, 5) is 0. The second kappa shape index (κ2) is 7.25. The lowest BCUT2D eigenvalue weighted by Crippen LogP contribution is -2.29. The summed E-state index contributed by atoms with van der Waals surface area (Å²) in [5.41, 5.74) is 4.14. The van der Waals surface area contributed by atoms with Crippen molar-refractivity contribution in [3.05, 3.63) is 71.3 Å². The quantitative estimate of drug-likeness (QED) is 0.802. The molecule has 1 nitrogen and oxygen atoms in total. The molecule has 0 radical (unpaired) electrons. The maximum atomic E-state index is 3.68. The van der Waals surface area contributed by atoms with Gasteiger partial charge in [-0.2, -0.15) is 0 Å². The van der Waals surface area contributed by atoms with Crippen LogP contribution in [-0.2, 0) is 6.42 Å². The van der Waals surface area contributed by atoms with E-state index in [0.717, 1.165) is 6.42 Å². The van der Waals surface area contributed by atoms with Crippen LogP contribution in [0.5, 0.6) is 0 Å². The van der Waals surface area contributed by atoms with Gasteiger partial charge in [-0.1, -0.05) is 60.2 Å². The summed E-state index contributed by atoms with van der Waals surface area (Å²) in [5, 5.41) is 3.68. The normalized spacial score (nSPS) is 13.9. The molecule has 0 spiro atoms. The first-order valence-electron chi connectivity index (χ1n) is 7.51. The second-order valence-corrected chi connectivity index (χ2v) is 5.73. The van der Waals surface area contributed by atoms with Crippen LogP contribution in [-0.4, -0.2) is 6.04 Å². The molecule has 0 aliphatic rings. The molecule has 0 saturated heterocycles. The summed E-state index contributed by atoms with van der Waals surface area (Å²) in [6.45, 7) is 6.66. The number of rotatable bonds is 6. The van der Waals surface area contributed by atoms with Gasteiger partial charge in [-0.05, 0) is 44.7 Å². The zero-order valence-electron chi connectivity index (χ0n) is 12.8. The Balaban J connectivity index is 1.82. The van der Waals surface area contributed by atoms with Crippen LogP contribution in [0.4, 0.5) is 0 Å². The first-order chi connectivity index (χ1) is 9.65. The molecule has 2 aromatic carbocycles. The van der Waals surface area contributed by atoms with Gasteiger partial charge in [-0.25, -0.2) is 0 Å². The van der Waals surface area contributed by atoms with Crippen LogP contribution >= 0.6 is 0 Å². The molecule has 0 aliphatic carbocycles. The van der Waals surface area contributed by atoms with E-state index in [9.17, 15) is 0 Å². The van der Waals surface area contributed by atoms with Crippen LogP contribution in [0.2, 0.25) is 0 Å². The molecular weight excluding hydrogens is 242 g/mol. The molecule has 1 unspecified atom stereocenters. The van der Waals surface area contributed by atoms with Crippen molar-refractivity contribution in [3.8, 4) is 0 Å². The number of hydrogen-bond donors (Lipinski definition) is 1. The Kier molecular flexibility index (Phi) is 5.37. The summed E-state index contributed by atoms with van der Waals surface area (Å²) in [7, 11) is 0. The van der Waals surface area contributed by atoms with Crippen LogP contribution in [0.25, 0.3) is 0 Å². The Morgan fingerprint density at radius 3 is 2.40 bits per heavy atom. The minimum Gasteiger partial charge on any atom is -0.308 e. The molecule has 2 aromatic rings. The lowest BCUT2D eigenvalue weighted by molar-refractivity contribution is 0.456. The van der Waals surface area contributed by atoms with Gasteiger partial charge < -0.3 is 5.32 Å². The van der Waals surface area contributed by atoms with Crippen LogP contribution < -0.4 is 5.32 Å². The first kappa shape index (κ1) is 14.8. The molecule has 0 amide bonds. The van der Waals surface area contributed by atoms with Crippen molar-refractivity contribution >= 4 is 0 Å². The highest BCUT2D eigenvalue weighted by Crippen LogP contribution is 2.14. The molecule has 0 heterocycles. The molecule has 0 aliphatic heterocycles. The molecule has 0 bridgehead atoms. The van der Waals surface area contributed by atoms with E-state index in [1.54, 1.807) is 0 Å². The van der Waals surface area contributed by atoms with E-state index in [0.29, 0.717) is 12.1 Å². The summed E-state index contributed by atoms with van der Waals surface area (Å²) >= 11 is 0. The van der Waals surface area contributed by atoms with E-state index in [-0.39, 0.29) is 0 Å². The van der Waals surface area contributed by atoms with Gasteiger partial charge in [0.2, 0.25) is 0 Å². The van der Waals surface area contributed by atoms with Crippen LogP contribution in [0, 0.1) is 6.92 Å². The van der Waals surface area contributed by atoms with Crippen molar-refractivity contribution in [1.29, 1.82) is 0 Å². The fourth-order valence-electron chi connectivity index (χ4n) is 2.60. The number of benzene rings is 2. The predicted molar refractivity (Wildman–Crippen MR) is 87.0 cm³/mol. The Labute approximate surface area is 123 Å². The third kappa shape index (κ3) is 4.50. The van der Waals surface area contributed by atoms with Crippen molar-refractivity contribution in [1.82, 2.24) is 5.32 Å². The fourth-order valence-corrected chi connectivity index (χ4v) is 2.60. The van der Waals surface area contributed by atoms with E-state index in [2.05, 4.69) is 80.7 Å². The van der Waals surface area contributed by atoms with Crippen LogP contribution in [0.15, 0.2) is 54.6 Å². The van der Waals surface area contributed by atoms with Gasteiger partial charge in [-0.15, -0.1) is 0 Å². The molecule has 20 heavy (non-hydrogen) atoms. The molecule has 1 heteroatoms. The number of hydrogen-bond acceptors (Lipinski definition) is 1. The summed E-state index contributed by atoms with van der Waals surface area (Å²) in [5.74, 6) is 0. The molecule has 2 atom stereocenters. The van der Waals surface area contributed by atoms with Gasteiger partial charge in [0.25, 0.3) is 0 Å². The summed E-state index contributed by atoms with van der Waals surface area (Å²) in [6, 6.07) is 20.4. The third-order valence-corrected chi connectivity index (χ3v) is 3.78. The minimum atomic E-state index is 0.406. The molecule has 1 N–H and O–H groups in total. The first-order valence-corrected chi connectivity index (χ1v) is 7.51. The zero-order chi connectivity index (χ0) is 14.4. The highest BCUT2D eigenvalue weighted by atomic mass is 14.9. The predicted octanol–water partition coefficient (Wildman–Crippen LogP) is 4.67. The molecule has 2 rings (SSSR count). The molecule has 0 fully saturated rings. The standard InChI is InChI=1S/C19H25N/c1-15-8-7-9-18(14-15)13-12-16(2)20-17(3)19-10-5-4-6-11-19/h4-11,14,16-17,20H,12-13H2,1-3H3/t16?,17-/m1/s1. The van der Waals surface area contributed by atoms with Crippen molar-refractivity contribution in [3.63, 3.8) is 0 Å². The van der Waals surface area contributed by atoms with Gasteiger partial charge in [0.05, 0.1) is 0 Å². The SMILES string of the molecule is Cc1cccc(CCC(C)N[C@H](C)c2ccccc2)c1. The molecule has 0 saturated carbocycles. The van der Waals surface area contributed by atoms with E-state index in [4.69, 9.17) is 0 Å². The minimum absolute atomic E-state index is 0.406. The molecular formula is C19H25N.